The van der Waals surface area contributed by atoms with Crippen molar-refractivity contribution in [2.45, 2.75) is 51.6 Å². The second-order valence-corrected chi connectivity index (χ2v) is 7.10. The number of nitrogens with zero attached hydrogens (tertiary/aromatic N) is 2. The lowest BCUT2D eigenvalue weighted by Gasteiger charge is -2.33. The summed E-state index contributed by atoms with van der Waals surface area (Å²) >= 11 is 0. The van der Waals surface area contributed by atoms with E-state index in [2.05, 4.69) is 31.1 Å². The molecule has 4 heteroatoms. The number of carbonyl (C=O) groups is 1. The Morgan fingerprint density at radius 2 is 1.95 bits per heavy atom. The maximum Gasteiger partial charge on any atom is 0.210 e. The molecule has 3 rings (SSSR count). The molecular weight excluding hydrogens is 252 g/mol. The van der Waals surface area contributed by atoms with Gasteiger partial charge in [-0.1, -0.05) is 43.0 Å². The van der Waals surface area contributed by atoms with Crippen LogP contribution in [0, 0.1) is 22.5 Å². The minimum atomic E-state index is -0.650. The normalized spacial score (nSPS) is 48.8. The smallest absolute Gasteiger partial charge is 0.210 e. The lowest BCUT2D eigenvalue weighted by atomic mass is 9.67. The third-order valence-electron chi connectivity index (χ3n) is 6.29. The predicted molar refractivity (Wildman–Crippen MR) is 76.1 cm³/mol. The van der Waals surface area contributed by atoms with Crippen LogP contribution in [0.4, 0.5) is 0 Å². The number of rotatable bonds is 0. The van der Waals surface area contributed by atoms with Gasteiger partial charge in [-0.15, -0.1) is 0 Å². The van der Waals surface area contributed by atoms with Crippen molar-refractivity contribution >= 4 is 5.78 Å². The van der Waals surface area contributed by atoms with E-state index in [9.17, 15) is 10.0 Å². The Bertz CT molecular complexity index is 561. The van der Waals surface area contributed by atoms with E-state index in [-0.39, 0.29) is 23.0 Å². The highest BCUT2D eigenvalue weighted by Crippen LogP contribution is 2.66. The van der Waals surface area contributed by atoms with E-state index in [1.807, 2.05) is 26.0 Å². The highest BCUT2D eigenvalue weighted by atomic mass is 16.5. The maximum atomic E-state index is 12.7. The Balaban J connectivity index is 2.21. The molecule has 1 fully saturated rings. The first-order valence-electron chi connectivity index (χ1n) is 7.31. The van der Waals surface area contributed by atoms with Crippen LogP contribution >= 0.6 is 0 Å². The summed E-state index contributed by atoms with van der Waals surface area (Å²) in [5.74, 6) is -0.0643. The quantitative estimate of drug-likeness (QED) is 0.387. The van der Waals surface area contributed by atoms with Gasteiger partial charge in [0.25, 0.3) is 0 Å². The summed E-state index contributed by atoms with van der Waals surface area (Å²) in [4.78, 5) is 13.5. The molecule has 0 aromatic rings. The van der Waals surface area contributed by atoms with Gasteiger partial charge < -0.3 is 5.21 Å². The minimum absolute atomic E-state index is 0.0649. The zero-order valence-electron chi connectivity index (χ0n) is 12.6. The molecule has 0 radical (unpaired) electrons. The number of allylic oxidation sites excluding steroid dienone is 3. The van der Waals surface area contributed by atoms with Crippen LogP contribution in [-0.4, -0.2) is 21.7 Å². The highest BCUT2D eigenvalue weighted by Gasteiger charge is 2.80. The summed E-state index contributed by atoms with van der Waals surface area (Å²) in [6, 6.07) is 0. The molecule has 2 aliphatic carbocycles. The van der Waals surface area contributed by atoms with E-state index in [1.54, 1.807) is 0 Å². The van der Waals surface area contributed by atoms with Crippen LogP contribution in [0.15, 0.2) is 29.4 Å². The first-order valence-corrected chi connectivity index (χ1v) is 7.31. The highest BCUT2D eigenvalue weighted by molar-refractivity contribution is 5.85. The van der Waals surface area contributed by atoms with E-state index >= 15 is 0 Å². The molecule has 4 atom stereocenters. The number of carbonyl (C=O) groups excluding carboxylic acids is 1. The molecule has 0 N–H and O–H groups in total. The number of hydrogen-bond donors (Lipinski definition) is 0. The lowest BCUT2D eigenvalue weighted by Crippen LogP contribution is -2.48. The molecule has 0 aromatic heterocycles. The monoisotopic (exact) mass is 274 g/mol. The van der Waals surface area contributed by atoms with Gasteiger partial charge in [0.05, 0.1) is 17.3 Å². The summed E-state index contributed by atoms with van der Waals surface area (Å²) in [6.45, 7) is 8.08. The Morgan fingerprint density at radius 3 is 2.65 bits per heavy atom. The van der Waals surface area contributed by atoms with Crippen molar-refractivity contribution < 1.29 is 9.66 Å². The van der Waals surface area contributed by atoms with Gasteiger partial charge in [-0.3, -0.25) is 4.79 Å². The molecule has 4 nitrogen and oxygen atoms in total. The zero-order chi connectivity index (χ0) is 14.8. The maximum absolute atomic E-state index is 12.7. The van der Waals surface area contributed by atoms with Crippen molar-refractivity contribution in [3.63, 3.8) is 0 Å². The minimum Gasteiger partial charge on any atom is -0.599 e. The standard InChI is InChI=1S/C16H22N2O2/c1-14(2)15(3)13-11(16(14,4)18(20)17-15)9-7-5-6-8-10-12(13)19/h6-9,11,13H,5,10H2,1-4H3/b8-6-,9-7-/t11-,13-,15+,16-/m0/s1. The lowest BCUT2D eigenvalue weighted by molar-refractivity contribution is -0.615. The van der Waals surface area contributed by atoms with Crippen LogP contribution < -0.4 is 0 Å². The van der Waals surface area contributed by atoms with E-state index in [0.717, 1.165) is 11.3 Å². The molecule has 2 bridgehead atoms. The van der Waals surface area contributed by atoms with E-state index in [1.165, 1.54) is 0 Å². The molecule has 0 unspecified atom stereocenters. The number of ketones is 1. The van der Waals surface area contributed by atoms with Crippen LogP contribution in [0.2, 0.25) is 0 Å². The Labute approximate surface area is 119 Å². The molecule has 0 amide bonds. The van der Waals surface area contributed by atoms with Crippen molar-refractivity contribution in [2.24, 2.45) is 22.4 Å². The number of azo groups is 1. The molecular formula is C16H22N2O2. The van der Waals surface area contributed by atoms with Gasteiger partial charge >= 0.3 is 0 Å². The first kappa shape index (κ1) is 13.5. The van der Waals surface area contributed by atoms with Crippen LogP contribution in [0.25, 0.3) is 0 Å². The van der Waals surface area contributed by atoms with Crippen molar-refractivity contribution in [1.29, 1.82) is 0 Å². The largest absolute Gasteiger partial charge is 0.599 e. The van der Waals surface area contributed by atoms with Gasteiger partial charge in [-0.2, -0.15) is 0 Å². The number of hydrogen-bond acceptors (Lipinski definition) is 3. The van der Waals surface area contributed by atoms with E-state index in [4.69, 9.17) is 0 Å². The third-order valence-corrected chi connectivity index (χ3v) is 6.29. The molecule has 1 saturated carbocycles. The van der Waals surface area contributed by atoms with Crippen LogP contribution in [-0.2, 0) is 4.79 Å². The molecule has 108 valence electrons. The second kappa shape index (κ2) is 3.80. The predicted octanol–water partition coefficient (Wildman–Crippen LogP) is 3.23. The van der Waals surface area contributed by atoms with Crippen LogP contribution in [0.5, 0.6) is 0 Å². The van der Waals surface area contributed by atoms with Crippen LogP contribution in [0.3, 0.4) is 0 Å². The third kappa shape index (κ3) is 1.25. The topological polar surface area (TPSA) is 55.5 Å². The Kier molecular flexibility index (Phi) is 2.57. The molecule has 20 heavy (non-hydrogen) atoms. The number of Topliss-reactive ketones (excluding diaryl/α,β-unsaturated/α-hetero) is 1. The van der Waals surface area contributed by atoms with Gasteiger partial charge in [0.2, 0.25) is 5.54 Å². The SMILES string of the molecule is CC1(C)[C@]2(C)N=[N+]([O-])[C@@]1(C)[C@H]1/C=C\C/C=C\CC(=O)[C@H]12. The average Bonchev–Trinajstić information content (AvgIpc) is 2.64. The van der Waals surface area contributed by atoms with E-state index in [0.29, 0.717) is 6.42 Å². The van der Waals surface area contributed by atoms with Gasteiger partial charge in [0.15, 0.2) is 0 Å². The molecule has 3 aliphatic rings. The van der Waals surface area contributed by atoms with Crippen molar-refractivity contribution in [3.8, 4) is 0 Å². The van der Waals surface area contributed by atoms with Crippen molar-refractivity contribution in [1.82, 2.24) is 0 Å². The number of hydroxylamine groups is 1. The molecule has 0 spiro atoms. The average molecular weight is 274 g/mol. The first-order chi connectivity index (χ1) is 9.27. The molecule has 1 heterocycles. The fraction of sp³-hybridized carbons (Fsp3) is 0.688. The van der Waals surface area contributed by atoms with Crippen molar-refractivity contribution in [3.05, 3.63) is 29.5 Å². The fourth-order valence-electron chi connectivity index (χ4n) is 4.38. The zero-order valence-corrected chi connectivity index (χ0v) is 12.6. The van der Waals surface area contributed by atoms with Gasteiger partial charge in [0, 0.05) is 13.3 Å². The summed E-state index contributed by atoms with van der Waals surface area (Å²) in [5.41, 5.74) is -1.60. The molecule has 0 saturated heterocycles. The number of fused-ring (bicyclic) bond motifs is 5. The Hall–Kier alpha value is -1.45. The van der Waals surface area contributed by atoms with Gasteiger partial charge in [-0.25, -0.2) is 0 Å². The van der Waals surface area contributed by atoms with Crippen molar-refractivity contribution in [2.75, 3.05) is 0 Å². The summed E-state index contributed by atoms with van der Waals surface area (Å²) in [5, 5.41) is 16.8. The molecule has 1 aliphatic heterocycles. The summed E-state index contributed by atoms with van der Waals surface area (Å²) < 4.78 is 0. The second-order valence-electron chi connectivity index (χ2n) is 7.10. The molecule has 0 aromatic carbocycles. The fourth-order valence-corrected chi connectivity index (χ4v) is 4.38. The van der Waals surface area contributed by atoms with Crippen LogP contribution in [0.1, 0.15) is 40.5 Å². The van der Waals surface area contributed by atoms with Gasteiger partial charge in [-0.05, 0) is 18.5 Å². The summed E-state index contributed by atoms with van der Waals surface area (Å²) in [7, 11) is 0. The van der Waals surface area contributed by atoms with Gasteiger partial charge in [0.1, 0.15) is 11.3 Å². The summed E-state index contributed by atoms with van der Waals surface area (Å²) in [6.07, 6.45) is 9.36. The Morgan fingerprint density at radius 1 is 1.25 bits per heavy atom. The van der Waals surface area contributed by atoms with E-state index < -0.39 is 11.1 Å².